The topological polar surface area (TPSA) is 253 Å². The van der Waals surface area contributed by atoms with E-state index in [1.807, 2.05) is 0 Å². The van der Waals surface area contributed by atoms with E-state index in [-0.39, 0.29) is 0 Å². The van der Waals surface area contributed by atoms with Gasteiger partial charge >= 0.3 is 5.97 Å². The lowest BCUT2D eigenvalue weighted by Crippen LogP contribution is -2.69. The summed E-state index contributed by atoms with van der Waals surface area (Å²) in [5.41, 5.74) is 5.73. The number of hydrogen-bond donors (Lipinski definition) is 10. The van der Waals surface area contributed by atoms with Gasteiger partial charge in [-0.3, -0.25) is 0 Å². The van der Waals surface area contributed by atoms with E-state index in [1.165, 1.54) is 0 Å². The number of hydrogen-bond acceptors (Lipinski definition) is 13. The summed E-state index contributed by atoms with van der Waals surface area (Å²) in [7, 11) is 0. The Morgan fingerprint density at radius 2 is 1.79 bits per heavy atom. The Kier molecular flexibility index (Phi) is 7.88. The lowest BCUT2D eigenvalue weighted by molar-refractivity contribution is -0.364. The van der Waals surface area contributed by atoms with Crippen LogP contribution >= 0.6 is 0 Å². The fourth-order valence-corrected chi connectivity index (χ4v) is 3.30. The SMILES string of the molecule is N[C@H]1C([C@H](O)[C@H](O)CO)O[C@@](O[C@@H]2C(CO)O[C@@H](O)[C@@H](O)C2O)(C(=O)O)C[C@H]1O. The van der Waals surface area contributed by atoms with Crippen LogP contribution in [-0.2, 0) is 19.0 Å². The zero-order valence-electron chi connectivity index (χ0n) is 15.1. The van der Waals surface area contributed by atoms with Crippen LogP contribution < -0.4 is 5.73 Å². The number of carboxylic acids is 1. The molecule has 2 aliphatic heterocycles. The van der Waals surface area contributed by atoms with E-state index >= 15 is 0 Å². The predicted molar refractivity (Wildman–Crippen MR) is 87.8 cm³/mol. The third-order valence-electron chi connectivity index (χ3n) is 5.04. The second-order valence-electron chi connectivity index (χ2n) is 7.04. The minimum absolute atomic E-state index is 0.790. The molecule has 2 fully saturated rings. The Labute approximate surface area is 164 Å². The molecule has 11 atom stereocenters. The van der Waals surface area contributed by atoms with Gasteiger partial charge in [0.05, 0.1) is 25.4 Å². The molecule has 14 nitrogen and oxygen atoms in total. The quantitative estimate of drug-likeness (QED) is 0.181. The first kappa shape index (κ1) is 24.3. The summed E-state index contributed by atoms with van der Waals surface area (Å²) in [4.78, 5) is 12.0. The normalized spacial score (nSPS) is 45.6. The predicted octanol–water partition coefficient (Wildman–Crippen LogP) is -6.22. The molecular weight excluding hydrogens is 402 g/mol. The maximum absolute atomic E-state index is 12.0. The summed E-state index contributed by atoms with van der Waals surface area (Å²) in [5.74, 6) is -4.57. The largest absolute Gasteiger partial charge is 0.477 e. The van der Waals surface area contributed by atoms with Crippen LogP contribution in [0.15, 0.2) is 0 Å². The standard InChI is InChI=1S/C15H27NO13/c16-7-4(19)1-15(14(25)26,29-12(7)8(21)5(20)2-17)28-11-6(3-18)27-13(24)10(23)9(11)22/h4-13,17-24H,1-3,16H2,(H,25,26)/t4-,5-,6?,7-,8-,9?,10+,11-,12?,13-,15-/m1/s1. The van der Waals surface area contributed by atoms with Crippen molar-refractivity contribution in [2.45, 2.75) is 73.4 Å². The number of aliphatic hydroxyl groups is 8. The minimum atomic E-state index is -2.75. The number of ether oxygens (including phenoxy) is 3. The summed E-state index contributed by atoms with van der Waals surface area (Å²) < 4.78 is 15.5. The number of carboxylic acid groups (broad SMARTS) is 1. The van der Waals surface area contributed by atoms with Crippen LogP contribution in [0.25, 0.3) is 0 Å². The van der Waals surface area contributed by atoms with Gasteiger partial charge in [-0.1, -0.05) is 0 Å². The van der Waals surface area contributed by atoms with Crippen LogP contribution in [0.1, 0.15) is 6.42 Å². The lowest BCUT2D eigenvalue weighted by atomic mass is 9.89. The fraction of sp³-hybridized carbons (Fsp3) is 0.933. The molecule has 29 heavy (non-hydrogen) atoms. The molecule has 0 bridgehead atoms. The Morgan fingerprint density at radius 1 is 1.17 bits per heavy atom. The highest BCUT2D eigenvalue weighted by Gasteiger charge is 2.58. The number of aliphatic carboxylic acids is 1. The highest BCUT2D eigenvalue weighted by molar-refractivity contribution is 5.76. The molecule has 2 aliphatic rings. The first-order chi connectivity index (χ1) is 13.5. The van der Waals surface area contributed by atoms with Gasteiger partial charge in [0.15, 0.2) is 6.29 Å². The molecule has 14 heteroatoms. The number of carbonyl (C=O) groups is 1. The van der Waals surface area contributed by atoms with Gasteiger partial charge in [-0.15, -0.1) is 0 Å². The zero-order valence-corrected chi connectivity index (χ0v) is 15.1. The summed E-state index contributed by atoms with van der Waals surface area (Å²) in [6.45, 7) is -1.77. The van der Waals surface area contributed by atoms with E-state index in [0.29, 0.717) is 0 Å². The van der Waals surface area contributed by atoms with Crippen LogP contribution in [0.5, 0.6) is 0 Å². The van der Waals surface area contributed by atoms with E-state index in [2.05, 4.69) is 0 Å². The van der Waals surface area contributed by atoms with Gasteiger partial charge in [0.25, 0.3) is 5.79 Å². The van der Waals surface area contributed by atoms with Gasteiger partial charge in [0.1, 0.15) is 42.7 Å². The van der Waals surface area contributed by atoms with Crippen molar-refractivity contribution < 1.29 is 65.0 Å². The highest BCUT2D eigenvalue weighted by atomic mass is 16.7. The van der Waals surface area contributed by atoms with Crippen LogP contribution in [0.4, 0.5) is 0 Å². The molecule has 11 N–H and O–H groups in total. The molecule has 170 valence electrons. The van der Waals surface area contributed by atoms with E-state index < -0.39 is 92.6 Å². The van der Waals surface area contributed by atoms with E-state index in [1.54, 1.807) is 0 Å². The molecular formula is C15H27NO13. The highest BCUT2D eigenvalue weighted by Crippen LogP contribution is 2.36. The maximum atomic E-state index is 12.0. The third-order valence-corrected chi connectivity index (χ3v) is 5.04. The average Bonchev–Trinajstić information content (AvgIpc) is 2.69. The van der Waals surface area contributed by atoms with Crippen molar-refractivity contribution in [3.8, 4) is 0 Å². The summed E-state index contributed by atoms with van der Waals surface area (Å²) >= 11 is 0. The molecule has 2 heterocycles. The van der Waals surface area contributed by atoms with Gasteiger partial charge in [-0.25, -0.2) is 4.79 Å². The van der Waals surface area contributed by atoms with E-state index in [9.17, 15) is 45.6 Å². The van der Waals surface area contributed by atoms with Gasteiger partial charge in [0.2, 0.25) is 0 Å². The van der Waals surface area contributed by atoms with Gasteiger partial charge in [0, 0.05) is 6.42 Å². The van der Waals surface area contributed by atoms with Gasteiger partial charge in [-0.2, -0.15) is 0 Å². The van der Waals surface area contributed by atoms with Gasteiger partial charge < -0.3 is 65.9 Å². The second-order valence-corrected chi connectivity index (χ2v) is 7.04. The second kappa shape index (κ2) is 9.42. The molecule has 0 amide bonds. The van der Waals surface area contributed by atoms with Crippen LogP contribution in [0.2, 0.25) is 0 Å². The molecule has 0 saturated carbocycles. The van der Waals surface area contributed by atoms with E-state index in [0.717, 1.165) is 0 Å². The summed E-state index contributed by atoms with van der Waals surface area (Å²) in [5, 5.41) is 87.5. The van der Waals surface area contributed by atoms with Crippen LogP contribution in [-0.4, -0.2) is 132 Å². The molecule has 0 aromatic heterocycles. The average molecular weight is 429 g/mol. The Bertz CT molecular complexity index is 564. The summed E-state index contributed by atoms with van der Waals surface area (Å²) in [6, 6.07) is -1.38. The zero-order chi connectivity index (χ0) is 22.1. The molecule has 0 aromatic rings. The number of rotatable bonds is 7. The van der Waals surface area contributed by atoms with Crippen molar-refractivity contribution in [1.29, 1.82) is 0 Å². The molecule has 2 rings (SSSR count). The molecule has 0 aromatic carbocycles. The van der Waals surface area contributed by atoms with Crippen LogP contribution in [0, 0.1) is 0 Å². The van der Waals surface area contributed by atoms with Crippen molar-refractivity contribution in [3.63, 3.8) is 0 Å². The van der Waals surface area contributed by atoms with Gasteiger partial charge in [-0.05, 0) is 0 Å². The molecule has 2 saturated heterocycles. The third kappa shape index (κ3) is 4.68. The first-order valence-electron chi connectivity index (χ1n) is 8.79. The minimum Gasteiger partial charge on any atom is -0.477 e. The summed E-state index contributed by atoms with van der Waals surface area (Å²) in [6.07, 6.45) is -16.8. The first-order valence-corrected chi connectivity index (χ1v) is 8.79. The Hall–Kier alpha value is -1.01. The Balaban J connectivity index is 2.35. The number of nitrogens with two attached hydrogens (primary N) is 1. The smallest absolute Gasteiger partial charge is 0.364 e. The lowest BCUT2D eigenvalue weighted by Gasteiger charge is -2.48. The van der Waals surface area contributed by atoms with Crippen molar-refractivity contribution in [1.82, 2.24) is 0 Å². The number of aliphatic hydroxyl groups excluding tert-OH is 8. The van der Waals surface area contributed by atoms with Crippen molar-refractivity contribution in [2.75, 3.05) is 13.2 Å². The fourth-order valence-electron chi connectivity index (χ4n) is 3.30. The monoisotopic (exact) mass is 429 g/mol. The molecule has 0 aliphatic carbocycles. The van der Waals surface area contributed by atoms with Crippen molar-refractivity contribution in [3.05, 3.63) is 0 Å². The van der Waals surface area contributed by atoms with Crippen molar-refractivity contribution in [2.24, 2.45) is 5.73 Å². The maximum Gasteiger partial charge on any atom is 0.364 e. The van der Waals surface area contributed by atoms with E-state index in [4.69, 9.17) is 25.1 Å². The molecule has 0 spiro atoms. The molecule has 0 radical (unpaired) electrons. The van der Waals surface area contributed by atoms with Crippen molar-refractivity contribution >= 4 is 5.97 Å². The molecule has 3 unspecified atom stereocenters. The van der Waals surface area contributed by atoms with Crippen LogP contribution in [0.3, 0.4) is 0 Å². The Morgan fingerprint density at radius 3 is 2.31 bits per heavy atom.